The second-order valence-corrected chi connectivity index (χ2v) is 5.73. The van der Waals surface area contributed by atoms with Gasteiger partial charge in [-0.3, -0.25) is 4.79 Å². The van der Waals surface area contributed by atoms with Crippen LogP contribution in [-0.4, -0.2) is 36.1 Å². The van der Waals surface area contributed by atoms with Gasteiger partial charge in [-0.25, -0.2) is 4.98 Å². The Bertz CT molecular complexity index is 902. The number of Topliss-reactive ketones (excluding diaryl/α,β-unsaturated/α-hetero) is 1. The lowest BCUT2D eigenvalue weighted by Crippen LogP contribution is -2.09. The number of rotatable bonds is 7. The molecule has 1 N–H and O–H groups in total. The highest BCUT2D eigenvalue weighted by molar-refractivity contribution is 5.97. The predicted octanol–water partition coefficient (Wildman–Crippen LogP) is 3.28. The first kappa shape index (κ1) is 16.8. The molecular formula is C19H21N3O3. The van der Waals surface area contributed by atoms with Crippen LogP contribution in [0, 0.1) is 0 Å². The molecule has 0 amide bonds. The van der Waals surface area contributed by atoms with Gasteiger partial charge in [-0.2, -0.15) is 0 Å². The first-order chi connectivity index (χ1) is 12.1. The molecule has 0 fully saturated rings. The van der Waals surface area contributed by atoms with Crippen LogP contribution >= 0.6 is 0 Å². The van der Waals surface area contributed by atoms with E-state index in [0.717, 1.165) is 16.7 Å². The monoisotopic (exact) mass is 339 g/mol. The summed E-state index contributed by atoms with van der Waals surface area (Å²) < 4.78 is 12.4. The molecule has 0 aliphatic heterocycles. The molecule has 0 radical (unpaired) electrons. The number of aryl methyl sites for hydroxylation is 1. The fraction of sp³-hybridized carbons (Fsp3) is 0.263. The van der Waals surface area contributed by atoms with Crippen LogP contribution in [0.2, 0.25) is 0 Å². The van der Waals surface area contributed by atoms with E-state index in [-0.39, 0.29) is 5.78 Å². The summed E-state index contributed by atoms with van der Waals surface area (Å²) in [6, 6.07) is 11.2. The molecule has 1 aromatic heterocycles. The van der Waals surface area contributed by atoms with Crippen molar-refractivity contribution in [3.05, 3.63) is 48.3 Å². The molecule has 0 unspecified atom stereocenters. The number of benzene rings is 2. The van der Waals surface area contributed by atoms with Gasteiger partial charge in [-0.1, -0.05) is 0 Å². The van der Waals surface area contributed by atoms with Gasteiger partial charge in [0, 0.05) is 31.3 Å². The quantitative estimate of drug-likeness (QED) is 0.669. The smallest absolute Gasteiger partial charge is 0.164 e. The molecule has 2 aromatic carbocycles. The summed E-state index contributed by atoms with van der Waals surface area (Å²) >= 11 is 0. The van der Waals surface area contributed by atoms with Crippen LogP contribution in [0.15, 0.2) is 42.7 Å². The molecule has 3 aromatic rings. The van der Waals surface area contributed by atoms with Crippen molar-refractivity contribution in [2.45, 2.75) is 6.42 Å². The lowest BCUT2D eigenvalue weighted by Gasteiger charge is -2.10. The zero-order valence-electron chi connectivity index (χ0n) is 14.6. The average Bonchev–Trinajstić information content (AvgIpc) is 3.01. The summed E-state index contributed by atoms with van der Waals surface area (Å²) in [6.45, 7) is 0.552. The van der Waals surface area contributed by atoms with E-state index in [1.807, 2.05) is 29.8 Å². The Balaban J connectivity index is 1.62. The number of imidazole rings is 1. The zero-order chi connectivity index (χ0) is 17.8. The van der Waals surface area contributed by atoms with Crippen LogP contribution < -0.4 is 14.8 Å². The second kappa shape index (κ2) is 7.25. The van der Waals surface area contributed by atoms with E-state index >= 15 is 0 Å². The number of hydrogen-bond donors (Lipinski definition) is 1. The van der Waals surface area contributed by atoms with Crippen molar-refractivity contribution in [2.75, 3.05) is 26.1 Å². The predicted molar refractivity (Wildman–Crippen MR) is 97.7 cm³/mol. The third-order valence-corrected chi connectivity index (χ3v) is 4.11. The van der Waals surface area contributed by atoms with Gasteiger partial charge in [-0.05, 0) is 36.4 Å². The number of hydrogen-bond acceptors (Lipinski definition) is 5. The molecule has 6 nitrogen and oxygen atoms in total. The summed E-state index contributed by atoms with van der Waals surface area (Å²) in [4.78, 5) is 16.7. The zero-order valence-corrected chi connectivity index (χ0v) is 14.6. The summed E-state index contributed by atoms with van der Waals surface area (Å²) in [5.74, 6) is 1.22. The van der Waals surface area contributed by atoms with Crippen molar-refractivity contribution < 1.29 is 14.3 Å². The number of ketones is 1. The van der Waals surface area contributed by atoms with E-state index in [0.29, 0.717) is 30.0 Å². The Morgan fingerprint density at radius 2 is 1.92 bits per heavy atom. The molecule has 0 aliphatic rings. The Kier molecular flexibility index (Phi) is 4.88. The van der Waals surface area contributed by atoms with Crippen molar-refractivity contribution in [1.82, 2.24) is 9.55 Å². The van der Waals surface area contributed by atoms with E-state index < -0.39 is 0 Å². The number of aromatic nitrogens is 2. The topological polar surface area (TPSA) is 65.4 Å². The third-order valence-electron chi connectivity index (χ3n) is 4.11. The van der Waals surface area contributed by atoms with Gasteiger partial charge >= 0.3 is 0 Å². The minimum absolute atomic E-state index is 0.0510. The fourth-order valence-electron chi connectivity index (χ4n) is 2.71. The molecule has 0 saturated heterocycles. The standard InChI is InChI=1S/C19H21N3O3/c1-22-12-21-15-6-5-14(11-16(15)22)20-9-8-17(23)13-4-7-18(24-2)19(10-13)25-3/h4-7,10-12,20H,8-9H2,1-3H3. The molecule has 130 valence electrons. The molecule has 25 heavy (non-hydrogen) atoms. The normalized spacial score (nSPS) is 10.7. The van der Waals surface area contributed by atoms with Crippen molar-refractivity contribution in [3.63, 3.8) is 0 Å². The Morgan fingerprint density at radius 3 is 2.68 bits per heavy atom. The number of anilines is 1. The first-order valence-corrected chi connectivity index (χ1v) is 8.02. The van der Waals surface area contributed by atoms with Crippen LogP contribution in [0.3, 0.4) is 0 Å². The lowest BCUT2D eigenvalue weighted by atomic mass is 10.1. The van der Waals surface area contributed by atoms with E-state index in [1.165, 1.54) is 0 Å². The van der Waals surface area contributed by atoms with Crippen molar-refractivity contribution in [3.8, 4) is 11.5 Å². The maximum absolute atomic E-state index is 12.4. The molecule has 0 spiro atoms. The van der Waals surface area contributed by atoms with Crippen molar-refractivity contribution in [2.24, 2.45) is 7.05 Å². The van der Waals surface area contributed by atoms with Gasteiger partial charge in [0.15, 0.2) is 17.3 Å². The second-order valence-electron chi connectivity index (χ2n) is 5.73. The van der Waals surface area contributed by atoms with Gasteiger partial charge < -0.3 is 19.4 Å². The first-order valence-electron chi connectivity index (χ1n) is 8.02. The van der Waals surface area contributed by atoms with Crippen LogP contribution in [0.5, 0.6) is 11.5 Å². The SMILES string of the molecule is COc1ccc(C(=O)CCNc2ccc3ncn(C)c3c2)cc1OC. The molecule has 6 heteroatoms. The summed E-state index contributed by atoms with van der Waals surface area (Å²) in [6.07, 6.45) is 2.17. The summed E-state index contributed by atoms with van der Waals surface area (Å²) in [5, 5.41) is 3.29. The number of carbonyl (C=O) groups excluding carboxylic acids is 1. The Hall–Kier alpha value is -3.02. The minimum Gasteiger partial charge on any atom is -0.493 e. The highest BCUT2D eigenvalue weighted by Crippen LogP contribution is 2.28. The van der Waals surface area contributed by atoms with Crippen molar-refractivity contribution in [1.29, 1.82) is 0 Å². The van der Waals surface area contributed by atoms with Crippen LogP contribution in [0.25, 0.3) is 11.0 Å². The van der Waals surface area contributed by atoms with Gasteiger partial charge in [0.25, 0.3) is 0 Å². The molecule has 0 atom stereocenters. The van der Waals surface area contributed by atoms with Crippen LogP contribution in [0.1, 0.15) is 16.8 Å². The number of methoxy groups -OCH3 is 2. The molecule has 0 aliphatic carbocycles. The third kappa shape index (κ3) is 3.57. The number of ether oxygens (including phenoxy) is 2. The van der Waals surface area contributed by atoms with Gasteiger partial charge in [0.2, 0.25) is 0 Å². The number of carbonyl (C=O) groups is 1. The van der Waals surface area contributed by atoms with E-state index in [2.05, 4.69) is 10.3 Å². The average molecular weight is 339 g/mol. The van der Waals surface area contributed by atoms with Crippen LogP contribution in [-0.2, 0) is 7.05 Å². The van der Waals surface area contributed by atoms with Gasteiger partial charge in [0.1, 0.15) is 0 Å². The fourth-order valence-corrected chi connectivity index (χ4v) is 2.71. The maximum Gasteiger partial charge on any atom is 0.164 e. The highest BCUT2D eigenvalue weighted by atomic mass is 16.5. The van der Waals surface area contributed by atoms with E-state index in [1.54, 1.807) is 38.7 Å². The number of nitrogens with zero attached hydrogens (tertiary/aromatic N) is 2. The largest absolute Gasteiger partial charge is 0.493 e. The Labute approximate surface area is 146 Å². The Morgan fingerprint density at radius 1 is 1.12 bits per heavy atom. The number of fused-ring (bicyclic) bond motifs is 1. The summed E-state index contributed by atoms with van der Waals surface area (Å²) in [5.41, 5.74) is 3.59. The molecule has 1 heterocycles. The van der Waals surface area contributed by atoms with Gasteiger partial charge in [0.05, 0.1) is 31.6 Å². The molecule has 3 rings (SSSR count). The maximum atomic E-state index is 12.4. The van der Waals surface area contributed by atoms with E-state index in [9.17, 15) is 4.79 Å². The molecule has 0 bridgehead atoms. The number of nitrogens with one attached hydrogen (secondary N) is 1. The highest BCUT2D eigenvalue weighted by Gasteiger charge is 2.10. The van der Waals surface area contributed by atoms with Crippen molar-refractivity contribution >= 4 is 22.5 Å². The van der Waals surface area contributed by atoms with E-state index in [4.69, 9.17) is 9.47 Å². The van der Waals surface area contributed by atoms with Gasteiger partial charge in [-0.15, -0.1) is 0 Å². The minimum atomic E-state index is 0.0510. The molecule has 0 saturated carbocycles. The molecular weight excluding hydrogens is 318 g/mol. The lowest BCUT2D eigenvalue weighted by molar-refractivity contribution is 0.0986. The summed E-state index contributed by atoms with van der Waals surface area (Å²) in [7, 11) is 5.09. The van der Waals surface area contributed by atoms with Crippen LogP contribution in [0.4, 0.5) is 5.69 Å².